The van der Waals surface area contributed by atoms with E-state index in [1.54, 1.807) is 28.8 Å². The largest absolute Gasteiger partial charge is 0.368 e. The number of anilines is 1. The lowest BCUT2D eigenvalue weighted by Gasteiger charge is -2.16. The summed E-state index contributed by atoms with van der Waals surface area (Å²) in [6, 6.07) is 11.6. The highest BCUT2D eigenvalue weighted by molar-refractivity contribution is 7.17. The fourth-order valence-corrected chi connectivity index (χ4v) is 4.35. The van der Waals surface area contributed by atoms with Crippen LogP contribution in [0.1, 0.15) is 16.6 Å². The molecule has 0 aliphatic carbocycles. The number of thiazole rings is 2. The third-order valence-electron chi connectivity index (χ3n) is 4.34. The summed E-state index contributed by atoms with van der Waals surface area (Å²) in [4.78, 5) is 32.6. The number of hydrogen-bond donors (Lipinski definition) is 3. The highest BCUT2D eigenvalue weighted by atomic mass is 32.1. The number of carbonyl (C=O) groups excluding carboxylic acids is 2. The minimum atomic E-state index is -0.996. The van der Waals surface area contributed by atoms with E-state index >= 15 is 0 Å². The van der Waals surface area contributed by atoms with Crippen LogP contribution in [0.4, 0.5) is 10.6 Å². The van der Waals surface area contributed by atoms with Gasteiger partial charge in [0, 0.05) is 10.9 Å². The molecule has 0 spiro atoms. The van der Waals surface area contributed by atoms with E-state index in [2.05, 4.69) is 26.5 Å². The summed E-state index contributed by atoms with van der Waals surface area (Å²) in [7, 11) is 0. The van der Waals surface area contributed by atoms with Gasteiger partial charge in [-0.05, 0) is 23.1 Å². The average molecular weight is 434 g/mol. The van der Waals surface area contributed by atoms with Crippen LogP contribution >= 0.6 is 22.7 Å². The van der Waals surface area contributed by atoms with E-state index in [-0.39, 0.29) is 0 Å². The second kappa shape index (κ2) is 8.32. The molecule has 2 aromatic heterocycles. The zero-order valence-electron chi connectivity index (χ0n) is 15.5. The van der Waals surface area contributed by atoms with Gasteiger partial charge in [-0.15, -0.1) is 29.1 Å². The number of nitrogens with one attached hydrogen (secondary N) is 2. The molecule has 0 fully saturated rings. The van der Waals surface area contributed by atoms with Crippen LogP contribution in [0.15, 0.2) is 53.4 Å². The first kappa shape index (κ1) is 19.6. The van der Waals surface area contributed by atoms with Crippen molar-refractivity contribution in [2.24, 2.45) is 5.73 Å². The number of amides is 3. The fourth-order valence-electron chi connectivity index (χ4n) is 2.97. The topological polar surface area (TPSA) is 110 Å². The Morgan fingerprint density at radius 2 is 1.93 bits per heavy atom. The van der Waals surface area contributed by atoms with Crippen molar-refractivity contribution in [2.75, 3.05) is 5.32 Å². The maximum absolute atomic E-state index is 12.3. The van der Waals surface area contributed by atoms with Crippen LogP contribution in [-0.2, 0) is 4.79 Å². The molecule has 9 heteroatoms. The number of carbonyl (C=O) groups is 2. The molecule has 0 saturated heterocycles. The summed E-state index contributed by atoms with van der Waals surface area (Å²) < 4.78 is 1.09. The quantitative estimate of drug-likeness (QED) is 0.416. The Kier molecular flexibility index (Phi) is 5.43. The van der Waals surface area contributed by atoms with Crippen molar-refractivity contribution in [3.8, 4) is 23.5 Å². The number of benzene rings is 2. The van der Waals surface area contributed by atoms with Crippen LogP contribution in [0.5, 0.6) is 0 Å². The first-order valence-electron chi connectivity index (χ1n) is 8.76. The van der Waals surface area contributed by atoms with Crippen molar-refractivity contribution >= 4 is 50.6 Å². The van der Waals surface area contributed by atoms with Crippen LogP contribution < -0.4 is 16.4 Å². The molecule has 0 radical (unpaired) electrons. The van der Waals surface area contributed by atoms with Crippen LogP contribution in [0, 0.1) is 12.3 Å². The standard InChI is InChI=1S/C21H15N5O2S2/c1-2-17-24-16(10-29-17)25-21(28)26-18(20(22)27)13-8-6-12(7-9-13)14-4-3-5-15-19(14)30-11-23-15/h1,3-11,18H,(H2,22,27)(H2,25,26,28)/t18-/m0/s1. The van der Waals surface area contributed by atoms with E-state index in [4.69, 9.17) is 12.2 Å². The minimum absolute atomic E-state index is 0.307. The summed E-state index contributed by atoms with van der Waals surface area (Å²) in [5.74, 6) is 2.02. The zero-order chi connectivity index (χ0) is 21.1. The normalized spacial score (nSPS) is 11.6. The first-order valence-corrected chi connectivity index (χ1v) is 10.5. The second-order valence-corrected chi connectivity index (χ2v) is 7.96. The van der Waals surface area contributed by atoms with Crippen molar-refractivity contribution in [3.63, 3.8) is 0 Å². The van der Waals surface area contributed by atoms with Crippen molar-refractivity contribution in [1.82, 2.24) is 15.3 Å². The highest BCUT2D eigenvalue weighted by Gasteiger charge is 2.21. The summed E-state index contributed by atoms with van der Waals surface area (Å²) in [6.45, 7) is 0. The van der Waals surface area contributed by atoms with Gasteiger partial charge in [0.1, 0.15) is 11.9 Å². The van der Waals surface area contributed by atoms with Gasteiger partial charge >= 0.3 is 6.03 Å². The maximum atomic E-state index is 12.3. The summed E-state index contributed by atoms with van der Waals surface area (Å²) >= 11 is 2.80. The molecule has 2 heterocycles. The lowest BCUT2D eigenvalue weighted by molar-refractivity contribution is -0.119. The van der Waals surface area contributed by atoms with E-state index < -0.39 is 18.0 Å². The smallest absolute Gasteiger partial charge is 0.321 e. The fraction of sp³-hybridized carbons (Fsp3) is 0.0476. The number of rotatable bonds is 5. The maximum Gasteiger partial charge on any atom is 0.321 e. The third-order valence-corrected chi connectivity index (χ3v) is 5.99. The van der Waals surface area contributed by atoms with Gasteiger partial charge in [0.15, 0.2) is 5.01 Å². The molecule has 0 aliphatic rings. The van der Waals surface area contributed by atoms with Crippen molar-refractivity contribution < 1.29 is 9.59 Å². The van der Waals surface area contributed by atoms with Gasteiger partial charge in [-0.3, -0.25) is 10.1 Å². The molecule has 0 aliphatic heterocycles. The molecule has 4 rings (SSSR count). The number of hydrogen-bond acceptors (Lipinski definition) is 6. The molecule has 1 atom stereocenters. The molecule has 0 bridgehead atoms. The van der Waals surface area contributed by atoms with Crippen LogP contribution in [0.3, 0.4) is 0 Å². The van der Waals surface area contributed by atoms with E-state index in [1.807, 2.05) is 35.8 Å². The van der Waals surface area contributed by atoms with Gasteiger partial charge in [-0.1, -0.05) is 36.4 Å². The Morgan fingerprint density at radius 1 is 1.13 bits per heavy atom. The van der Waals surface area contributed by atoms with Gasteiger partial charge in [0.25, 0.3) is 0 Å². The van der Waals surface area contributed by atoms with Gasteiger partial charge in [0.2, 0.25) is 5.91 Å². The van der Waals surface area contributed by atoms with E-state index in [9.17, 15) is 9.59 Å². The highest BCUT2D eigenvalue weighted by Crippen LogP contribution is 2.31. The van der Waals surface area contributed by atoms with E-state index in [0.717, 1.165) is 21.3 Å². The van der Waals surface area contributed by atoms with Crippen molar-refractivity contribution in [3.05, 3.63) is 63.9 Å². The predicted octanol–water partition coefficient (Wildman–Crippen LogP) is 3.75. The van der Waals surface area contributed by atoms with Gasteiger partial charge < -0.3 is 11.1 Å². The summed E-state index contributed by atoms with van der Waals surface area (Å²) in [5, 5.41) is 7.18. The average Bonchev–Trinajstić information content (AvgIpc) is 3.41. The molecule has 3 amide bonds. The third kappa shape index (κ3) is 4.00. The Labute approximate surface area is 180 Å². The van der Waals surface area contributed by atoms with Gasteiger partial charge in [-0.25, -0.2) is 14.8 Å². The van der Waals surface area contributed by atoms with Crippen molar-refractivity contribution in [2.45, 2.75) is 6.04 Å². The predicted molar refractivity (Wildman–Crippen MR) is 119 cm³/mol. The Hall–Kier alpha value is -3.74. The second-order valence-electron chi connectivity index (χ2n) is 6.24. The molecular weight excluding hydrogens is 418 g/mol. The molecule has 4 N–H and O–H groups in total. The number of terminal acetylenes is 1. The lowest BCUT2D eigenvalue weighted by atomic mass is 10.00. The van der Waals surface area contributed by atoms with Gasteiger partial charge in [0.05, 0.1) is 15.7 Å². The number of aromatic nitrogens is 2. The zero-order valence-corrected chi connectivity index (χ0v) is 17.1. The summed E-state index contributed by atoms with van der Waals surface area (Å²) in [6.07, 6.45) is 5.27. The number of nitrogens with zero attached hydrogens (tertiary/aromatic N) is 2. The molecule has 0 saturated carbocycles. The number of nitrogens with two attached hydrogens (primary N) is 1. The molecule has 0 unspecified atom stereocenters. The molecule has 7 nitrogen and oxygen atoms in total. The Bertz CT molecular complexity index is 1270. The number of urea groups is 1. The minimum Gasteiger partial charge on any atom is -0.368 e. The first-order chi connectivity index (χ1) is 14.5. The summed E-state index contributed by atoms with van der Waals surface area (Å²) in [5.41, 5.74) is 10.9. The van der Waals surface area contributed by atoms with Crippen LogP contribution in [0.25, 0.3) is 21.3 Å². The molecular formula is C21H15N5O2S2. The number of primary amides is 1. The molecule has 2 aromatic carbocycles. The molecule has 4 aromatic rings. The van der Waals surface area contributed by atoms with E-state index in [0.29, 0.717) is 16.4 Å². The molecule has 30 heavy (non-hydrogen) atoms. The molecule has 148 valence electrons. The lowest BCUT2D eigenvalue weighted by Crippen LogP contribution is -2.39. The number of fused-ring (bicyclic) bond motifs is 1. The van der Waals surface area contributed by atoms with Crippen LogP contribution in [0.2, 0.25) is 0 Å². The van der Waals surface area contributed by atoms with Crippen LogP contribution in [-0.4, -0.2) is 21.9 Å². The SMILES string of the molecule is C#Cc1nc(NC(=O)N[C@H](C(N)=O)c2ccc(-c3cccc4ncsc34)cc2)cs1. The Morgan fingerprint density at radius 3 is 2.63 bits per heavy atom. The van der Waals surface area contributed by atoms with E-state index in [1.165, 1.54) is 11.3 Å². The monoisotopic (exact) mass is 433 g/mol. The van der Waals surface area contributed by atoms with Crippen molar-refractivity contribution in [1.29, 1.82) is 0 Å². The van der Waals surface area contributed by atoms with Gasteiger partial charge in [-0.2, -0.15) is 0 Å². The Balaban J connectivity index is 1.53.